The third-order valence-corrected chi connectivity index (χ3v) is 7.88. The number of aryl methyl sites for hydroxylation is 1. The normalized spacial score (nSPS) is 16.6. The number of rotatable bonds is 10. The Bertz CT molecular complexity index is 1780. The Hall–Kier alpha value is -5.17. The van der Waals surface area contributed by atoms with Crippen LogP contribution in [0.1, 0.15) is 71.6 Å². The molecule has 0 aliphatic carbocycles. The second-order valence-corrected chi connectivity index (χ2v) is 11.3. The lowest BCUT2D eigenvalue weighted by atomic mass is 9.89. The zero-order valence-electron chi connectivity index (χ0n) is 25.8. The highest BCUT2D eigenvalue weighted by atomic mass is 19.4. The number of alkyl halides is 9. The summed E-state index contributed by atoms with van der Waals surface area (Å²) in [5.74, 6) is 0.0391. The molecule has 1 aliphatic heterocycles. The molecule has 5 rings (SSSR count). The molecule has 0 radical (unpaired) electrons. The van der Waals surface area contributed by atoms with E-state index >= 15 is 0 Å². The molecule has 0 unspecified atom stereocenters. The number of nitrogens with one attached hydrogen (secondary N) is 2. The van der Waals surface area contributed by atoms with Crippen molar-refractivity contribution in [2.45, 2.75) is 69.6 Å². The first-order chi connectivity index (χ1) is 23.4. The second kappa shape index (κ2) is 14.0. The van der Waals surface area contributed by atoms with Crippen LogP contribution in [0.2, 0.25) is 0 Å². The average Bonchev–Trinajstić information content (AvgIpc) is 3.55. The van der Waals surface area contributed by atoms with Gasteiger partial charge in [0, 0.05) is 18.9 Å². The lowest BCUT2D eigenvalue weighted by Gasteiger charge is -2.39. The highest BCUT2D eigenvalue weighted by Gasteiger charge is 2.40. The Morgan fingerprint density at radius 3 is 2.26 bits per heavy atom. The van der Waals surface area contributed by atoms with E-state index in [4.69, 9.17) is 4.74 Å². The smallest absolute Gasteiger partial charge is 0.416 e. The van der Waals surface area contributed by atoms with E-state index in [1.54, 1.807) is 6.92 Å². The maximum absolute atomic E-state index is 13.7. The molecule has 50 heavy (non-hydrogen) atoms. The van der Waals surface area contributed by atoms with Crippen molar-refractivity contribution >= 4 is 17.7 Å². The van der Waals surface area contributed by atoms with Crippen molar-refractivity contribution in [2.75, 3.05) is 16.8 Å². The molecule has 2 aromatic carbocycles. The van der Waals surface area contributed by atoms with Crippen LogP contribution in [-0.2, 0) is 31.4 Å². The van der Waals surface area contributed by atoms with Gasteiger partial charge in [0.05, 0.1) is 46.9 Å². The highest BCUT2D eigenvalue weighted by molar-refractivity contribution is 5.89. The van der Waals surface area contributed by atoms with Gasteiger partial charge in [0.15, 0.2) is 11.6 Å². The standard InChI is InChI=1S/C30H27F9N8O3/c1-2-19-13-21(20-12-16(28(31,32)33)5-6-23(20)47(19)27(48)49)41-26-40-14-24(50-7-3-4-25-43-45-46-44-25)22(42-26)10-15-8-17(29(34,35)36)11-18(9-15)30(37,38)39/h5-6,8-9,11-12,14,19,21H,2-4,7,10,13H2,1H3,(H,48,49)(H,40,41,42)(H,43,44,45,46)/t19-,21+/m1/s1. The summed E-state index contributed by atoms with van der Waals surface area (Å²) in [6, 6.07) is 2.04. The minimum atomic E-state index is -5.10. The van der Waals surface area contributed by atoms with Gasteiger partial charge < -0.3 is 15.2 Å². The number of aromatic amines is 1. The number of nitrogens with zero attached hydrogens (tertiary/aromatic N) is 6. The molecule has 20 heteroatoms. The Morgan fingerprint density at radius 2 is 1.68 bits per heavy atom. The zero-order valence-corrected chi connectivity index (χ0v) is 25.8. The molecule has 3 N–H and O–H groups in total. The zero-order chi connectivity index (χ0) is 36.4. The molecule has 2 aromatic heterocycles. The molecule has 4 aromatic rings. The molecule has 3 heterocycles. The van der Waals surface area contributed by atoms with Gasteiger partial charge in [0.25, 0.3) is 0 Å². The number of tetrazole rings is 1. The van der Waals surface area contributed by atoms with E-state index in [-0.39, 0.29) is 54.2 Å². The van der Waals surface area contributed by atoms with Gasteiger partial charge in [0.1, 0.15) is 0 Å². The minimum Gasteiger partial charge on any atom is -0.490 e. The van der Waals surface area contributed by atoms with Crippen LogP contribution in [0.15, 0.2) is 42.6 Å². The molecule has 0 fully saturated rings. The minimum absolute atomic E-state index is 0.00784. The van der Waals surface area contributed by atoms with E-state index in [2.05, 4.69) is 35.9 Å². The van der Waals surface area contributed by atoms with Crippen LogP contribution in [0, 0.1) is 0 Å². The van der Waals surface area contributed by atoms with Gasteiger partial charge in [-0.1, -0.05) is 12.1 Å². The fraction of sp³-hybridized carbons (Fsp3) is 0.400. The number of benzene rings is 2. The predicted molar refractivity (Wildman–Crippen MR) is 156 cm³/mol. The van der Waals surface area contributed by atoms with Crippen LogP contribution in [-0.4, -0.2) is 54.4 Å². The topological polar surface area (TPSA) is 142 Å². The van der Waals surface area contributed by atoms with Crippen LogP contribution < -0.4 is 15.0 Å². The number of amides is 1. The summed E-state index contributed by atoms with van der Waals surface area (Å²) < 4.78 is 128. The van der Waals surface area contributed by atoms with E-state index in [1.807, 2.05) is 0 Å². The van der Waals surface area contributed by atoms with Gasteiger partial charge in [-0.15, -0.1) is 10.2 Å². The quantitative estimate of drug-likeness (QED) is 0.112. The number of ether oxygens (including phenoxy) is 1. The number of fused-ring (bicyclic) bond motifs is 1. The van der Waals surface area contributed by atoms with E-state index in [1.165, 1.54) is 0 Å². The number of H-pyrrole nitrogens is 1. The third kappa shape index (κ3) is 8.33. The first-order valence-electron chi connectivity index (χ1n) is 14.9. The monoisotopic (exact) mass is 718 g/mol. The van der Waals surface area contributed by atoms with Crippen molar-refractivity contribution in [3.05, 3.63) is 81.9 Å². The summed E-state index contributed by atoms with van der Waals surface area (Å²) in [7, 11) is 0. The largest absolute Gasteiger partial charge is 0.490 e. The van der Waals surface area contributed by atoms with E-state index < -0.39 is 65.4 Å². The maximum Gasteiger partial charge on any atom is 0.416 e. The van der Waals surface area contributed by atoms with Gasteiger partial charge in [0.2, 0.25) is 5.95 Å². The number of halogens is 9. The van der Waals surface area contributed by atoms with Crippen molar-refractivity contribution in [2.24, 2.45) is 0 Å². The fourth-order valence-electron chi connectivity index (χ4n) is 5.57. The Kier molecular flexibility index (Phi) is 10.1. The lowest BCUT2D eigenvalue weighted by molar-refractivity contribution is -0.143. The average molecular weight is 719 g/mol. The molecule has 11 nitrogen and oxygen atoms in total. The maximum atomic E-state index is 13.7. The number of anilines is 2. The third-order valence-electron chi connectivity index (χ3n) is 7.88. The first kappa shape index (κ1) is 36.1. The molecule has 0 spiro atoms. The summed E-state index contributed by atoms with van der Waals surface area (Å²) in [4.78, 5) is 21.6. The molecule has 0 saturated heterocycles. The van der Waals surface area contributed by atoms with Crippen LogP contribution in [0.5, 0.6) is 5.75 Å². The molecule has 0 bridgehead atoms. The molecule has 0 saturated carbocycles. The number of hydrogen-bond donors (Lipinski definition) is 3. The van der Waals surface area contributed by atoms with E-state index in [0.717, 1.165) is 29.3 Å². The van der Waals surface area contributed by atoms with Crippen molar-refractivity contribution in [1.82, 2.24) is 30.6 Å². The van der Waals surface area contributed by atoms with Crippen molar-refractivity contribution in [3.63, 3.8) is 0 Å². The molecule has 1 amide bonds. The van der Waals surface area contributed by atoms with Gasteiger partial charge in [-0.05, 0) is 66.8 Å². The Balaban J connectivity index is 1.52. The van der Waals surface area contributed by atoms with Gasteiger partial charge in [-0.25, -0.2) is 14.8 Å². The van der Waals surface area contributed by atoms with Crippen LogP contribution >= 0.6 is 0 Å². The van der Waals surface area contributed by atoms with E-state index in [9.17, 15) is 49.4 Å². The summed E-state index contributed by atoms with van der Waals surface area (Å²) in [6.07, 6.45) is -14.9. The number of hydrogen-bond acceptors (Lipinski definition) is 8. The van der Waals surface area contributed by atoms with Gasteiger partial charge in [-0.3, -0.25) is 4.90 Å². The summed E-state index contributed by atoms with van der Waals surface area (Å²) in [5.41, 5.74) is -4.70. The molecule has 2 atom stereocenters. The van der Waals surface area contributed by atoms with E-state index in [0.29, 0.717) is 30.8 Å². The Morgan fingerprint density at radius 1 is 1.00 bits per heavy atom. The highest BCUT2D eigenvalue weighted by Crippen LogP contribution is 2.43. The lowest BCUT2D eigenvalue weighted by Crippen LogP contribution is -2.45. The van der Waals surface area contributed by atoms with Crippen molar-refractivity contribution in [3.8, 4) is 5.75 Å². The predicted octanol–water partition coefficient (Wildman–Crippen LogP) is 7.47. The molecule has 1 aliphatic rings. The second-order valence-electron chi connectivity index (χ2n) is 11.3. The van der Waals surface area contributed by atoms with Crippen LogP contribution in [0.3, 0.4) is 0 Å². The number of carboxylic acid groups (broad SMARTS) is 1. The summed E-state index contributed by atoms with van der Waals surface area (Å²) in [6.45, 7) is 1.67. The van der Waals surface area contributed by atoms with Crippen molar-refractivity contribution in [1.29, 1.82) is 0 Å². The van der Waals surface area contributed by atoms with Crippen molar-refractivity contribution < 1.29 is 54.2 Å². The van der Waals surface area contributed by atoms with Gasteiger partial charge >= 0.3 is 24.6 Å². The van der Waals surface area contributed by atoms with Crippen LogP contribution in [0.4, 0.5) is 55.9 Å². The Labute approximate surface area is 276 Å². The SMILES string of the molecule is CC[C@@H]1C[C@H](Nc2ncc(OCCCc3nn[nH]n3)c(Cc3cc(C(F)(F)F)cc(C(F)(F)F)c3)n2)c2cc(C(F)(F)F)ccc2N1C(=O)O. The molecular weight excluding hydrogens is 691 g/mol. The first-order valence-corrected chi connectivity index (χ1v) is 14.9. The number of carbonyl (C=O) groups is 1. The fourth-order valence-corrected chi connectivity index (χ4v) is 5.57. The molecular formula is C30H27F9N8O3. The summed E-state index contributed by atoms with van der Waals surface area (Å²) in [5, 5.41) is 26.1. The molecule has 268 valence electrons. The van der Waals surface area contributed by atoms with Gasteiger partial charge in [-0.2, -0.15) is 44.7 Å². The summed E-state index contributed by atoms with van der Waals surface area (Å²) >= 11 is 0. The van der Waals surface area contributed by atoms with Crippen LogP contribution in [0.25, 0.3) is 0 Å². The number of aromatic nitrogens is 6.